The number of hydrogen-bond donors (Lipinski definition) is 1. The van der Waals surface area contributed by atoms with Gasteiger partial charge in [-0.25, -0.2) is 4.39 Å². The number of benzene rings is 1. The Morgan fingerprint density at radius 2 is 2.09 bits per heavy atom. The third kappa shape index (κ3) is 2.91. The largest absolute Gasteiger partial charge is 0.482 e. The lowest BCUT2D eigenvalue weighted by molar-refractivity contribution is 0.0808. The minimum atomic E-state index is -0.439. The molecule has 0 bridgehead atoms. The van der Waals surface area contributed by atoms with Crippen molar-refractivity contribution in [2.24, 2.45) is 0 Å². The molecule has 1 aromatic carbocycles. The second-order valence-corrected chi connectivity index (χ2v) is 5.85. The Morgan fingerprint density at radius 1 is 1.30 bits per heavy atom. The molecule has 1 aliphatic rings. The molecule has 1 amide bonds. The van der Waals surface area contributed by atoms with Crippen molar-refractivity contribution in [2.45, 2.75) is 39.3 Å². The number of ether oxygens (including phenoxy) is 1. The van der Waals surface area contributed by atoms with Crippen LogP contribution >= 0.6 is 0 Å². The molecule has 1 aliphatic heterocycles. The first-order chi connectivity index (χ1) is 11.0. The highest BCUT2D eigenvalue weighted by molar-refractivity contribution is 5.97. The Bertz CT molecular complexity index is 761. The standard InChI is InChI=1S/C18H19FN2O2/c1-4-15-17(23-16-7-10(2)9-20-11(16)3)14-8-12(19)5-6-13(14)18(22)21-15/h5-9,15,17H,4H2,1-3H3,(H,21,22)/t15?,17-/m0/s1. The van der Waals surface area contributed by atoms with Crippen molar-refractivity contribution in [2.75, 3.05) is 0 Å². The van der Waals surface area contributed by atoms with Gasteiger partial charge in [-0.15, -0.1) is 0 Å². The molecular formula is C18H19FN2O2. The molecule has 5 heteroatoms. The average molecular weight is 314 g/mol. The topological polar surface area (TPSA) is 51.2 Å². The van der Waals surface area contributed by atoms with Crippen molar-refractivity contribution in [3.63, 3.8) is 0 Å². The molecule has 0 aliphatic carbocycles. The molecule has 1 unspecified atom stereocenters. The second kappa shape index (κ2) is 5.99. The molecule has 2 heterocycles. The van der Waals surface area contributed by atoms with Gasteiger partial charge in [0.15, 0.2) is 0 Å². The fraction of sp³-hybridized carbons (Fsp3) is 0.333. The van der Waals surface area contributed by atoms with E-state index >= 15 is 0 Å². The summed E-state index contributed by atoms with van der Waals surface area (Å²) in [4.78, 5) is 16.5. The smallest absolute Gasteiger partial charge is 0.252 e. The number of amides is 1. The van der Waals surface area contributed by atoms with E-state index in [0.29, 0.717) is 23.3 Å². The highest BCUT2D eigenvalue weighted by Gasteiger charge is 2.34. The summed E-state index contributed by atoms with van der Waals surface area (Å²) in [5.41, 5.74) is 2.79. The molecule has 0 fully saturated rings. The van der Waals surface area contributed by atoms with Gasteiger partial charge in [-0.3, -0.25) is 9.78 Å². The van der Waals surface area contributed by atoms with Crippen molar-refractivity contribution in [1.29, 1.82) is 0 Å². The van der Waals surface area contributed by atoms with Crippen LogP contribution in [0.4, 0.5) is 4.39 Å². The van der Waals surface area contributed by atoms with Crippen LogP contribution in [0.3, 0.4) is 0 Å². The Kier molecular flexibility index (Phi) is 4.03. The molecule has 0 radical (unpaired) electrons. The number of rotatable bonds is 3. The Morgan fingerprint density at radius 3 is 2.83 bits per heavy atom. The third-order valence-electron chi connectivity index (χ3n) is 4.12. The minimum absolute atomic E-state index is 0.189. The normalized spacial score (nSPS) is 19.9. The molecule has 1 aromatic heterocycles. The summed E-state index contributed by atoms with van der Waals surface area (Å²) in [5, 5.41) is 2.94. The average Bonchev–Trinajstić information content (AvgIpc) is 2.53. The summed E-state index contributed by atoms with van der Waals surface area (Å²) in [6, 6.07) is 5.88. The van der Waals surface area contributed by atoms with E-state index in [2.05, 4.69) is 10.3 Å². The number of pyridine rings is 1. The van der Waals surface area contributed by atoms with Gasteiger partial charge in [0.2, 0.25) is 0 Å². The van der Waals surface area contributed by atoms with Crippen molar-refractivity contribution in [1.82, 2.24) is 10.3 Å². The number of halogens is 1. The molecule has 3 rings (SSSR count). The first kappa shape index (κ1) is 15.5. The van der Waals surface area contributed by atoms with E-state index in [1.807, 2.05) is 26.8 Å². The molecular weight excluding hydrogens is 295 g/mol. The van der Waals surface area contributed by atoms with Crippen LogP contribution in [-0.4, -0.2) is 16.9 Å². The van der Waals surface area contributed by atoms with E-state index in [9.17, 15) is 9.18 Å². The molecule has 0 saturated carbocycles. The second-order valence-electron chi connectivity index (χ2n) is 5.85. The van der Waals surface area contributed by atoms with Crippen LogP contribution in [0.2, 0.25) is 0 Å². The monoisotopic (exact) mass is 314 g/mol. The number of nitrogens with zero attached hydrogens (tertiary/aromatic N) is 1. The van der Waals surface area contributed by atoms with Gasteiger partial charge in [0.05, 0.1) is 11.7 Å². The minimum Gasteiger partial charge on any atom is -0.482 e. The number of carbonyl (C=O) groups excluding carboxylic acids is 1. The van der Waals surface area contributed by atoms with Gasteiger partial charge in [0.25, 0.3) is 5.91 Å². The maximum absolute atomic E-state index is 13.7. The zero-order valence-electron chi connectivity index (χ0n) is 13.4. The third-order valence-corrected chi connectivity index (χ3v) is 4.12. The summed E-state index contributed by atoms with van der Waals surface area (Å²) in [6.07, 6.45) is 2.02. The fourth-order valence-corrected chi connectivity index (χ4v) is 2.84. The van der Waals surface area contributed by atoms with E-state index in [1.165, 1.54) is 18.2 Å². The van der Waals surface area contributed by atoms with Gasteiger partial charge in [0, 0.05) is 17.3 Å². The number of fused-ring (bicyclic) bond motifs is 1. The van der Waals surface area contributed by atoms with Crippen LogP contribution in [0.15, 0.2) is 30.5 Å². The molecule has 2 aromatic rings. The van der Waals surface area contributed by atoms with Gasteiger partial charge in [0.1, 0.15) is 17.7 Å². The summed E-state index contributed by atoms with van der Waals surface area (Å²) >= 11 is 0. The van der Waals surface area contributed by atoms with Gasteiger partial charge in [-0.1, -0.05) is 6.92 Å². The van der Waals surface area contributed by atoms with E-state index in [4.69, 9.17) is 4.74 Å². The van der Waals surface area contributed by atoms with E-state index in [-0.39, 0.29) is 17.8 Å². The van der Waals surface area contributed by atoms with Crippen LogP contribution in [0.25, 0.3) is 0 Å². The van der Waals surface area contributed by atoms with Crippen LogP contribution in [0, 0.1) is 19.7 Å². The van der Waals surface area contributed by atoms with Gasteiger partial charge < -0.3 is 10.1 Å². The first-order valence-corrected chi connectivity index (χ1v) is 7.69. The predicted molar refractivity (Wildman–Crippen MR) is 85.0 cm³/mol. The quantitative estimate of drug-likeness (QED) is 0.943. The molecule has 0 saturated heterocycles. The molecule has 0 spiro atoms. The lowest BCUT2D eigenvalue weighted by Gasteiger charge is -2.34. The highest BCUT2D eigenvalue weighted by atomic mass is 19.1. The van der Waals surface area contributed by atoms with Crippen LogP contribution < -0.4 is 10.1 Å². The summed E-state index contributed by atoms with van der Waals surface area (Å²) in [6.45, 7) is 5.77. The van der Waals surface area contributed by atoms with Crippen LogP contribution in [0.1, 0.15) is 46.6 Å². The van der Waals surface area contributed by atoms with Crippen LogP contribution in [-0.2, 0) is 0 Å². The van der Waals surface area contributed by atoms with Crippen molar-refractivity contribution in [3.05, 3.63) is 58.7 Å². The molecule has 23 heavy (non-hydrogen) atoms. The maximum atomic E-state index is 13.7. The lowest BCUT2D eigenvalue weighted by atomic mass is 9.90. The van der Waals surface area contributed by atoms with Gasteiger partial charge in [-0.2, -0.15) is 0 Å². The van der Waals surface area contributed by atoms with Crippen LogP contribution in [0.5, 0.6) is 5.75 Å². The molecule has 120 valence electrons. The Balaban J connectivity index is 2.05. The number of aryl methyl sites for hydroxylation is 2. The SMILES string of the molecule is CCC1NC(=O)c2ccc(F)cc2[C@@H]1Oc1cc(C)cnc1C. The fourth-order valence-electron chi connectivity index (χ4n) is 2.84. The molecule has 1 N–H and O–H groups in total. The first-order valence-electron chi connectivity index (χ1n) is 7.69. The summed E-state index contributed by atoms with van der Waals surface area (Å²) in [7, 11) is 0. The van der Waals surface area contributed by atoms with E-state index in [1.54, 1.807) is 6.20 Å². The Hall–Kier alpha value is -2.43. The number of carbonyl (C=O) groups is 1. The number of nitrogens with one attached hydrogen (secondary N) is 1. The Labute approximate surface area is 134 Å². The lowest BCUT2D eigenvalue weighted by Crippen LogP contribution is -2.46. The zero-order chi connectivity index (χ0) is 16.6. The number of hydrogen-bond acceptors (Lipinski definition) is 3. The van der Waals surface area contributed by atoms with Gasteiger partial charge >= 0.3 is 0 Å². The van der Waals surface area contributed by atoms with Crippen molar-refractivity contribution >= 4 is 5.91 Å². The highest BCUT2D eigenvalue weighted by Crippen LogP contribution is 2.33. The van der Waals surface area contributed by atoms with E-state index in [0.717, 1.165) is 11.3 Å². The van der Waals surface area contributed by atoms with Crippen molar-refractivity contribution in [3.8, 4) is 5.75 Å². The maximum Gasteiger partial charge on any atom is 0.252 e. The van der Waals surface area contributed by atoms with Gasteiger partial charge in [-0.05, 0) is 50.1 Å². The molecule has 4 nitrogen and oxygen atoms in total. The van der Waals surface area contributed by atoms with Crippen molar-refractivity contribution < 1.29 is 13.9 Å². The predicted octanol–water partition coefficient (Wildman–Crippen LogP) is 3.48. The number of aromatic nitrogens is 1. The summed E-state index contributed by atoms with van der Waals surface area (Å²) in [5.74, 6) is 0.0894. The summed E-state index contributed by atoms with van der Waals surface area (Å²) < 4.78 is 19.9. The zero-order valence-corrected chi connectivity index (χ0v) is 13.4. The van der Waals surface area contributed by atoms with E-state index < -0.39 is 6.10 Å². The molecule has 2 atom stereocenters.